The van der Waals surface area contributed by atoms with Gasteiger partial charge in [0.25, 0.3) is 5.91 Å². The number of hydrogen-bond donors (Lipinski definition) is 1. The molecule has 2 aromatic heterocycles. The van der Waals surface area contributed by atoms with Crippen molar-refractivity contribution < 1.29 is 4.79 Å². The van der Waals surface area contributed by atoms with Crippen LogP contribution in [-0.2, 0) is 0 Å². The molecule has 1 N–H and O–H groups in total. The number of amides is 1. The maximum atomic E-state index is 12.3. The van der Waals surface area contributed by atoms with Crippen LogP contribution in [-0.4, -0.2) is 5.91 Å². The minimum absolute atomic E-state index is 0.0257. The van der Waals surface area contributed by atoms with Gasteiger partial charge in [-0.3, -0.25) is 4.79 Å². The maximum Gasteiger partial charge on any atom is 0.262 e. The average Bonchev–Trinajstić information content (AvgIpc) is 3.18. The van der Waals surface area contributed by atoms with Gasteiger partial charge < -0.3 is 5.32 Å². The predicted octanol–water partition coefficient (Wildman–Crippen LogP) is 4.33. The number of nitrogens with one attached hydrogen (secondary N) is 1. The van der Waals surface area contributed by atoms with Crippen molar-refractivity contribution in [2.45, 2.75) is 6.04 Å². The van der Waals surface area contributed by atoms with Crippen molar-refractivity contribution in [1.82, 2.24) is 5.32 Å². The summed E-state index contributed by atoms with van der Waals surface area (Å²) in [5.74, 6) is -0.0257. The Balaban J connectivity index is 1.89. The summed E-state index contributed by atoms with van der Waals surface area (Å²) in [5, 5.41) is 7.06. The Bertz CT molecular complexity index is 660. The quantitative estimate of drug-likeness (QED) is 0.763. The van der Waals surface area contributed by atoms with Gasteiger partial charge in [-0.1, -0.05) is 42.5 Å². The lowest BCUT2D eigenvalue weighted by molar-refractivity contribution is 0.0947. The zero-order valence-electron chi connectivity index (χ0n) is 10.7. The molecule has 1 atom stereocenters. The van der Waals surface area contributed by atoms with Gasteiger partial charge in [0.1, 0.15) is 0 Å². The second-order valence-electron chi connectivity index (χ2n) is 4.31. The lowest BCUT2D eigenvalue weighted by atomic mass is 10.1. The zero-order chi connectivity index (χ0) is 13.8. The second kappa shape index (κ2) is 6.03. The van der Waals surface area contributed by atoms with Crippen molar-refractivity contribution >= 4 is 28.6 Å². The highest BCUT2D eigenvalue weighted by molar-refractivity contribution is 7.12. The molecule has 0 saturated heterocycles. The van der Waals surface area contributed by atoms with Gasteiger partial charge in [-0.05, 0) is 28.5 Å². The highest BCUT2D eigenvalue weighted by Gasteiger charge is 2.18. The zero-order valence-corrected chi connectivity index (χ0v) is 12.3. The molecule has 0 radical (unpaired) electrons. The molecular weight excluding hydrogens is 286 g/mol. The normalized spacial score (nSPS) is 12.0. The molecule has 0 aliphatic carbocycles. The number of rotatable bonds is 4. The molecule has 20 heavy (non-hydrogen) atoms. The molecule has 0 aliphatic heterocycles. The van der Waals surface area contributed by atoms with Crippen LogP contribution in [0, 0.1) is 0 Å². The van der Waals surface area contributed by atoms with Gasteiger partial charge in [-0.15, -0.1) is 22.7 Å². The molecule has 100 valence electrons. The van der Waals surface area contributed by atoms with Gasteiger partial charge in [0, 0.05) is 4.88 Å². The number of hydrogen-bond acceptors (Lipinski definition) is 3. The van der Waals surface area contributed by atoms with Crippen molar-refractivity contribution in [3.63, 3.8) is 0 Å². The molecule has 4 heteroatoms. The first-order valence-electron chi connectivity index (χ1n) is 6.27. The van der Waals surface area contributed by atoms with E-state index in [0.29, 0.717) is 0 Å². The largest absolute Gasteiger partial charge is 0.340 e. The first kappa shape index (κ1) is 13.1. The number of benzene rings is 1. The van der Waals surface area contributed by atoms with E-state index in [1.807, 2.05) is 59.3 Å². The summed E-state index contributed by atoms with van der Waals surface area (Å²) >= 11 is 3.11. The molecule has 0 spiro atoms. The van der Waals surface area contributed by atoms with Crippen LogP contribution in [0.3, 0.4) is 0 Å². The van der Waals surface area contributed by atoms with Crippen LogP contribution < -0.4 is 5.32 Å². The van der Waals surface area contributed by atoms with Crippen molar-refractivity contribution in [3.8, 4) is 0 Å². The molecular formula is C16H13NOS2. The van der Waals surface area contributed by atoms with Crippen LogP contribution in [0.4, 0.5) is 0 Å². The molecule has 2 nitrogen and oxygen atoms in total. The standard InChI is InChI=1S/C16H13NOS2/c18-16(14-9-5-11-20-14)17-15(13-8-4-10-19-13)12-6-2-1-3-7-12/h1-11,15H,(H,17,18)/t15-/m0/s1. The van der Waals surface area contributed by atoms with Gasteiger partial charge >= 0.3 is 0 Å². The Kier molecular flexibility index (Phi) is 3.95. The highest BCUT2D eigenvalue weighted by atomic mass is 32.1. The van der Waals surface area contributed by atoms with Crippen molar-refractivity contribution in [2.24, 2.45) is 0 Å². The van der Waals surface area contributed by atoms with E-state index in [1.165, 1.54) is 11.3 Å². The molecule has 0 saturated carbocycles. The van der Waals surface area contributed by atoms with Gasteiger partial charge in [-0.2, -0.15) is 0 Å². The van der Waals surface area contributed by atoms with E-state index in [0.717, 1.165) is 15.3 Å². The summed E-state index contributed by atoms with van der Waals surface area (Å²) in [5.41, 5.74) is 1.10. The third-order valence-electron chi connectivity index (χ3n) is 2.98. The first-order valence-corrected chi connectivity index (χ1v) is 8.03. The van der Waals surface area contributed by atoms with E-state index in [9.17, 15) is 4.79 Å². The summed E-state index contributed by atoms with van der Waals surface area (Å²) in [6.07, 6.45) is 0. The van der Waals surface area contributed by atoms with Gasteiger partial charge in [0.15, 0.2) is 0 Å². The topological polar surface area (TPSA) is 29.1 Å². The molecule has 0 fully saturated rings. The monoisotopic (exact) mass is 299 g/mol. The van der Waals surface area contributed by atoms with Crippen LogP contribution in [0.2, 0.25) is 0 Å². The third-order valence-corrected chi connectivity index (χ3v) is 4.79. The average molecular weight is 299 g/mol. The number of thiophene rings is 2. The summed E-state index contributed by atoms with van der Waals surface area (Å²) in [6, 6.07) is 17.8. The van der Waals surface area contributed by atoms with Crippen LogP contribution in [0.5, 0.6) is 0 Å². The Morgan fingerprint density at radius 2 is 1.65 bits per heavy atom. The van der Waals surface area contributed by atoms with Crippen LogP contribution in [0.15, 0.2) is 65.4 Å². The summed E-state index contributed by atoms with van der Waals surface area (Å²) in [6.45, 7) is 0. The van der Waals surface area contributed by atoms with Crippen LogP contribution in [0.25, 0.3) is 0 Å². The highest BCUT2D eigenvalue weighted by Crippen LogP contribution is 2.26. The number of carbonyl (C=O) groups is 1. The fourth-order valence-corrected chi connectivity index (χ4v) is 3.46. The van der Waals surface area contributed by atoms with Gasteiger partial charge in [0.2, 0.25) is 0 Å². The van der Waals surface area contributed by atoms with Crippen LogP contribution in [0.1, 0.15) is 26.2 Å². The predicted molar refractivity (Wildman–Crippen MR) is 84.4 cm³/mol. The third kappa shape index (κ3) is 2.81. The van der Waals surface area contributed by atoms with Crippen molar-refractivity contribution in [3.05, 3.63) is 80.7 Å². The van der Waals surface area contributed by atoms with Gasteiger partial charge in [-0.25, -0.2) is 0 Å². The molecule has 2 heterocycles. The van der Waals surface area contributed by atoms with E-state index in [1.54, 1.807) is 11.3 Å². The van der Waals surface area contributed by atoms with E-state index >= 15 is 0 Å². The minimum atomic E-state index is -0.0919. The fourth-order valence-electron chi connectivity index (χ4n) is 2.03. The number of carbonyl (C=O) groups excluding carboxylic acids is 1. The van der Waals surface area contributed by atoms with Crippen molar-refractivity contribution in [1.29, 1.82) is 0 Å². The fraction of sp³-hybridized carbons (Fsp3) is 0.0625. The minimum Gasteiger partial charge on any atom is -0.340 e. The molecule has 1 amide bonds. The summed E-state index contributed by atoms with van der Waals surface area (Å²) in [7, 11) is 0. The molecule has 1 aromatic carbocycles. The summed E-state index contributed by atoms with van der Waals surface area (Å²) in [4.78, 5) is 14.2. The van der Waals surface area contributed by atoms with E-state index in [2.05, 4.69) is 11.4 Å². The Hall–Kier alpha value is -1.91. The Morgan fingerprint density at radius 3 is 2.30 bits per heavy atom. The SMILES string of the molecule is O=C(N[C@@H](c1ccccc1)c1cccs1)c1cccs1. The maximum absolute atomic E-state index is 12.3. The Labute approximate surface area is 125 Å². The van der Waals surface area contributed by atoms with E-state index < -0.39 is 0 Å². The van der Waals surface area contributed by atoms with Crippen LogP contribution >= 0.6 is 22.7 Å². The lowest BCUT2D eigenvalue weighted by Gasteiger charge is -2.17. The smallest absolute Gasteiger partial charge is 0.262 e. The van der Waals surface area contributed by atoms with Crippen molar-refractivity contribution in [2.75, 3.05) is 0 Å². The summed E-state index contributed by atoms with van der Waals surface area (Å²) < 4.78 is 0. The van der Waals surface area contributed by atoms with E-state index in [-0.39, 0.29) is 11.9 Å². The molecule has 0 unspecified atom stereocenters. The molecule has 3 rings (SSSR count). The lowest BCUT2D eigenvalue weighted by Crippen LogP contribution is -2.28. The molecule has 0 aliphatic rings. The molecule has 3 aromatic rings. The second-order valence-corrected chi connectivity index (χ2v) is 6.24. The van der Waals surface area contributed by atoms with E-state index in [4.69, 9.17) is 0 Å². The molecule has 0 bridgehead atoms. The van der Waals surface area contributed by atoms with Gasteiger partial charge in [0.05, 0.1) is 10.9 Å². The Morgan fingerprint density at radius 1 is 0.900 bits per heavy atom. The first-order chi connectivity index (χ1) is 9.84.